The fraction of sp³-hybridized carbons (Fsp3) is 0.756. The van der Waals surface area contributed by atoms with Gasteiger partial charge in [-0.05, 0) is 96.2 Å². The number of benzene rings is 1. The van der Waals surface area contributed by atoms with Crippen molar-refractivity contribution in [1.29, 1.82) is 0 Å². The summed E-state index contributed by atoms with van der Waals surface area (Å²) in [5.74, 6) is 1.07. The van der Waals surface area contributed by atoms with E-state index in [1.54, 1.807) is 6.33 Å². The molecular formula is C45H68N4O4. The van der Waals surface area contributed by atoms with Crippen LogP contribution in [0.2, 0.25) is 0 Å². The van der Waals surface area contributed by atoms with Crippen LogP contribution in [0.3, 0.4) is 0 Å². The first-order valence-electron chi connectivity index (χ1n) is 20.5. The molecule has 292 valence electrons. The molecule has 7 rings (SSSR count). The molecule has 4 aliphatic carbocycles. The van der Waals surface area contributed by atoms with E-state index in [4.69, 9.17) is 25.3 Å². The molecule has 8 heteroatoms. The van der Waals surface area contributed by atoms with Crippen LogP contribution in [0, 0.1) is 62.1 Å². The van der Waals surface area contributed by atoms with Gasteiger partial charge < -0.3 is 20.3 Å². The number of nitrogens with two attached hydrogens (primary N) is 1. The number of allylic oxidation sites excluding steroid dienone is 1. The Morgan fingerprint density at radius 1 is 1.04 bits per heavy atom. The van der Waals surface area contributed by atoms with Crippen LogP contribution in [0.25, 0.3) is 11.4 Å². The minimum Gasteiger partial charge on any atom is -0.481 e. The number of ether oxygens (including phenoxy) is 2. The van der Waals surface area contributed by atoms with Crippen molar-refractivity contribution in [2.75, 3.05) is 19.8 Å². The van der Waals surface area contributed by atoms with E-state index < -0.39 is 28.3 Å². The lowest BCUT2D eigenvalue weighted by Crippen LogP contribution is -2.70. The Morgan fingerprint density at radius 2 is 1.74 bits per heavy atom. The second-order valence-electron chi connectivity index (χ2n) is 20.9. The van der Waals surface area contributed by atoms with Crippen LogP contribution in [0.15, 0.2) is 48.3 Å². The van der Waals surface area contributed by atoms with Gasteiger partial charge in [0.25, 0.3) is 0 Å². The standard InChI is InChI=1S/C45H68N4O4/c1-28(2)29(3)41(8)21-22-42(9)31-17-18-34-40(7)23-33(49-37(47-27-48-49)30-15-13-12-14-16-30)36(53-25-44(11,46)39(4,5)6)45(34,26-52-24-40)32(31)19-20-43(42,10)35(41)38(50)51/h12-16,19,27-29,31,33-36H,17-18,20-26,46H2,1-11H3,(H,50,51)/t29-,31+,33-,34-,35-,36+,40-,41-,42-,43+,44+,45+/m1/s1. The molecule has 0 radical (unpaired) electrons. The van der Waals surface area contributed by atoms with E-state index in [0.717, 1.165) is 49.9 Å². The van der Waals surface area contributed by atoms with Gasteiger partial charge in [0.05, 0.1) is 37.9 Å². The van der Waals surface area contributed by atoms with Gasteiger partial charge in [-0.2, -0.15) is 5.10 Å². The van der Waals surface area contributed by atoms with Gasteiger partial charge in [0.2, 0.25) is 0 Å². The van der Waals surface area contributed by atoms with Gasteiger partial charge >= 0.3 is 5.97 Å². The third kappa shape index (κ3) is 5.49. The number of carbonyl (C=O) groups is 1. The number of aliphatic carboxylic acids is 1. The van der Waals surface area contributed by atoms with Crippen molar-refractivity contribution in [3.8, 4) is 11.4 Å². The fourth-order valence-corrected chi connectivity index (χ4v) is 12.9. The summed E-state index contributed by atoms with van der Waals surface area (Å²) in [5, 5.41) is 16.2. The molecule has 0 amide bonds. The van der Waals surface area contributed by atoms with Crippen molar-refractivity contribution in [2.45, 2.75) is 132 Å². The lowest BCUT2D eigenvalue weighted by atomic mass is 9.34. The van der Waals surface area contributed by atoms with Gasteiger partial charge in [-0.1, -0.05) is 111 Å². The first-order valence-corrected chi connectivity index (χ1v) is 20.5. The van der Waals surface area contributed by atoms with Crippen LogP contribution in [-0.2, 0) is 14.3 Å². The zero-order valence-electron chi connectivity index (χ0n) is 34.5. The molecule has 3 saturated carbocycles. The van der Waals surface area contributed by atoms with Gasteiger partial charge in [-0.25, -0.2) is 9.67 Å². The Labute approximate surface area is 319 Å². The van der Waals surface area contributed by atoms with Gasteiger partial charge in [0.15, 0.2) is 5.82 Å². The average Bonchev–Trinajstić information content (AvgIpc) is 3.57. The van der Waals surface area contributed by atoms with Crippen LogP contribution < -0.4 is 5.73 Å². The maximum absolute atomic E-state index is 13.6. The summed E-state index contributed by atoms with van der Waals surface area (Å²) in [6, 6.07) is 10.3. The summed E-state index contributed by atoms with van der Waals surface area (Å²) in [6.07, 6.45) is 9.62. The Bertz CT molecular complexity index is 1730. The van der Waals surface area contributed by atoms with E-state index in [0.29, 0.717) is 37.6 Å². The van der Waals surface area contributed by atoms with E-state index >= 15 is 0 Å². The van der Waals surface area contributed by atoms with Crippen molar-refractivity contribution < 1.29 is 19.4 Å². The third-order valence-electron chi connectivity index (χ3n) is 17.2. The number of hydrogen-bond donors (Lipinski definition) is 2. The molecule has 12 atom stereocenters. The molecule has 1 aromatic heterocycles. The SMILES string of the molecule is CC(C)[C@@H](C)[C@@]1(C)CC[C@]2(C)[C@H]3CC[C@@H]4[C@@]5(C)COC[C@@]4(C3=CC[C@@]2(C)[C@@H]1C(=O)O)[C@@H](OC[C@](C)(N)C(C)(C)C)[C@H](n1ncnc1-c1ccccc1)C5. The Balaban J connectivity index is 1.41. The molecule has 2 aromatic rings. The lowest BCUT2D eigenvalue weighted by molar-refractivity contribution is -0.255. The lowest BCUT2D eigenvalue weighted by Gasteiger charge is -2.71. The molecule has 5 aliphatic rings. The molecular weight excluding hydrogens is 661 g/mol. The van der Waals surface area contributed by atoms with Crippen molar-refractivity contribution >= 4 is 5.97 Å². The molecule has 53 heavy (non-hydrogen) atoms. The predicted molar refractivity (Wildman–Crippen MR) is 210 cm³/mol. The van der Waals surface area contributed by atoms with E-state index in [-0.39, 0.29) is 39.7 Å². The summed E-state index contributed by atoms with van der Waals surface area (Å²) >= 11 is 0. The summed E-state index contributed by atoms with van der Waals surface area (Å²) < 4.78 is 16.4. The third-order valence-corrected chi connectivity index (χ3v) is 17.2. The monoisotopic (exact) mass is 729 g/mol. The summed E-state index contributed by atoms with van der Waals surface area (Å²) in [6.45, 7) is 26.7. The highest BCUT2D eigenvalue weighted by Crippen LogP contribution is 2.75. The zero-order chi connectivity index (χ0) is 38.6. The van der Waals surface area contributed by atoms with E-state index in [2.05, 4.69) is 111 Å². The van der Waals surface area contributed by atoms with Crippen LogP contribution in [0.1, 0.15) is 121 Å². The molecule has 0 unspecified atom stereocenters. The maximum atomic E-state index is 13.6. The first-order chi connectivity index (χ1) is 24.7. The molecule has 3 N–H and O–H groups in total. The highest BCUT2D eigenvalue weighted by atomic mass is 16.5. The highest BCUT2D eigenvalue weighted by molar-refractivity contribution is 5.73. The van der Waals surface area contributed by atoms with E-state index in [1.165, 1.54) is 5.57 Å². The molecule has 0 spiro atoms. The number of nitrogens with zero attached hydrogens (tertiary/aromatic N) is 3. The highest BCUT2D eigenvalue weighted by Gasteiger charge is 2.73. The first kappa shape index (κ1) is 38.7. The smallest absolute Gasteiger partial charge is 0.307 e. The van der Waals surface area contributed by atoms with Crippen LogP contribution in [0.5, 0.6) is 0 Å². The molecule has 1 aromatic carbocycles. The summed E-state index contributed by atoms with van der Waals surface area (Å²) in [5.41, 5.74) is 7.45. The van der Waals surface area contributed by atoms with Crippen molar-refractivity contribution in [3.05, 3.63) is 48.3 Å². The number of fused-ring (bicyclic) bond motifs is 3. The minimum absolute atomic E-state index is 0.0947. The number of rotatable bonds is 8. The molecule has 8 nitrogen and oxygen atoms in total. The second kappa shape index (κ2) is 12.7. The zero-order valence-corrected chi connectivity index (χ0v) is 34.5. The molecule has 2 bridgehead atoms. The summed E-state index contributed by atoms with van der Waals surface area (Å²) in [7, 11) is 0. The predicted octanol–water partition coefficient (Wildman–Crippen LogP) is 9.22. The number of carboxylic acid groups (broad SMARTS) is 1. The minimum atomic E-state index is -0.631. The molecule has 1 saturated heterocycles. The summed E-state index contributed by atoms with van der Waals surface area (Å²) in [4.78, 5) is 18.5. The Morgan fingerprint density at radius 3 is 2.38 bits per heavy atom. The largest absolute Gasteiger partial charge is 0.481 e. The molecule has 4 fully saturated rings. The van der Waals surface area contributed by atoms with E-state index in [9.17, 15) is 9.90 Å². The van der Waals surface area contributed by atoms with Gasteiger partial charge in [-0.3, -0.25) is 4.79 Å². The fourth-order valence-electron chi connectivity index (χ4n) is 12.9. The quantitative estimate of drug-likeness (QED) is 0.261. The normalized spacial score (nSPS) is 41.4. The molecule has 1 aliphatic heterocycles. The van der Waals surface area contributed by atoms with Crippen molar-refractivity contribution in [3.63, 3.8) is 0 Å². The maximum Gasteiger partial charge on any atom is 0.307 e. The van der Waals surface area contributed by atoms with Crippen molar-refractivity contribution in [2.24, 2.45) is 67.8 Å². The molecule has 2 heterocycles. The van der Waals surface area contributed by atoms with Gasteiger partial charge in [0, 0.05) is 16.5 Å². The van der Waals surface area contributed by atoms with Crippen molar-refractivity contribution in [1.82, 2.24) is 14.8 Å². The topological polar surface area (TPSA) is 112 Å². The van der Waals surface area contributed by atoms with Gasteiger partial charge in [-0.15, -0.1) is 0 Å². The Kier molecular flexibility index (Phi) is 9.31. The van der Waals surface area contributed by atoms with Crippen LogP contribution >= 0.6 is 0 Å². The van der Waals surface area contributed by atoms with E-state index in [1.807, 2.05) is 6.07 Å². The number of aromatic nitrogens is 3. The average molecular weight is 729 g/mol. The van der Waals surface area contributed by atoms with Crippen LogP contribution in [0.4, 0.5) is 0 Å². The Hall–Kier alpha value is -2.55. The van der Waals surface area contributed by atoms with Gasteiger partial charge in [0.1, 0.15) is 6.33 Å². The number of hydrogen-bond acceptors (Lipinski definition) is 6. The van der Waals surface area contributed by atoms with Crippen LogP contribution in [-0.4, -0.2) is 57.3 Å². The number of carboxylic acids is 1. The second-order valence-corrected chi connectivity index (χ2v) is 20.9.